The normalized spacial score (nSPS) is 23.2. The molecule has 1 aliphatic rings. The molecule has 1 aromatic rings. The van der Waals surface area contributed by atoms with Gasteiger partial charge in [-0.2, -0.15) is 0 Å². The molecule has 0 aromatic carbocycles. The molecule has 0 bridgehead atoms. The summed E-state index contributed by atoms with van der Waals surface area (Å²) in [7, 11) is 1.63. The number of allylic oxidation sites excluding steroid dienone is 2. The Labute approximate surface area is 105 Å². The minimum Gasteiger partial charge on any atom is -0.481 e. The van der Waals surface area contributed by atoms with Gasteiger partial charge in [0, 0.05) is 19.6 Å². The Kier molecular flexibility index (Phi) is 4.09. The summed E-state index contributed by atoms with van der Waals surface area (Å²) in [5, 5.41) is 17.2. The average Bonchev–Trinajstić information content (AvgIpc) is 2.84. The summed E-state index contributed by atoms with van der Waals surface area (Å²) in [5.74, 6) is -0.554. The molecule has 98 valence electrons. The Morgan fingerprint density at radius 2 is 2.33 bits per heavy atom. The number of carboxylic acid groups (broad SMARTS) is 1. The van der Waals surface area contributed by atoms with E-state index in [2.05, 4.69) is 10.2 Å². The predicted octanol–water partition coefficient (Wildman–Crippen LogP) is 1.06. The van der Waals surface area contributed by atoms with Crippen molar-refractivity contribution in [3.8, 4) is 0 Å². The first-order valence-electron chi connectivity index (χ1n) is 5.98. The minimum absolute atomic E-state index is 0.105. The van der Waals surface area contributed by atoms with Gasteiger partial charge in [-0.15, -0.1) is 10.2 Å². The molecule has 1 heterocycles. The molecule has 1 aromatic heterocycles. The number of hydrogen-bond acceptors (Lipinski definition) is 4. The molecule has 6 nitrogen and oxygen atoms in total. The van der Waals surface area contributed by atoms with Crippen molar-refractivity contribution < 1.29 is 14.6 Å². The van der Waals surface area contributed by atoms with E-state index < -0.39 is 11.9 Å². The Bertz CT molecular complexity index is 442. The number of methoxy groups -OCH3 is 1. The second kappa shape index (κ2) is 5.77. The van der Waals surface area contributed by atoms with Gasteiger partial charge in [0.2, 0.25) is 0 Å². The van der Waals surface area contributed by atoms with E-state index in [1.807, 2.05) is 16.7 Å². The summed E-state index contributed by atoms with van der Waals surface area (Å²) in [4.78, 5) is 11.3. The quantitative estimate of drug-likeness (QED) is 0.792. The van der Waals surface area contributed by atoms with Crippen LogP contribution < -0.4 is 0 Å². The van der Waals surface area contributed by atoms with Crippen LogP contribution in [0.3, 0.4) is 0 Å². The van der Waals surface area contributed by atoms with Crippen LogP contribution in [0, 0.1) is 5.92 Å². The third kappa shape index (κ3) is 2.59. The molecule has 2 unspecified atom stereocenters. The summed E-state index contributed by atoms with van der Waals surface area (Å²) in [6.45, 7) is 1.21. The zero-order chi connectivity index (χ0) is 13.0. The molecule has 0 aliphatic heterocycles. The van der Waals surface area contributed by atoms with Crippen LogP contribution in [0.4, 0.5) is 0 Å². The molecule has 18 heavy (non-hydrogen) atoms. The van der Waals surface area contributed by atoms with E-state index in [0.717, 1.165) is 5.82 Å². The van der Waals surface area contributed by atoms with Gasteiger partial charge in [-0.3, -0.25) is 4.79 Å². The summed E-state index contributed by atoms with van der Waals surface area (Å²) in [5.41, 5.74) is 0. The highest BCUT2D eigenvalue weighted by molar-refractivity contribution is 5.71. The molecule has 2 atom stereocenters. The molecule has 0 spiro atoms. The van der Waals surface area contributed by atoms with Gasteiger partial charge in [0.25, 0.3) is 0 Å². The first-order valence-corrected chi connectivity index (χ1v) is 5.98. The van der Waals surface area contributed by atoms with Gasteiger partial charge in [0.05, 0.1) is 12.5 Å². The Balaban J connectivity index is 2.21. The zero-order valence-electron chi connectivity index (χ0n) is 10.3. The van der Waals surface area contributed by atoms with Gasteiger partial charge in [-0.25, -0.2) is 0 Å². The topological polar surface area (TPSA) is 77.2 Å². The van der Waals surface area contributed by atoms with Gasteiger partial charge in [-0.1, -0.05) is 12.2 Å². The van der Waals surface area contributed by atoms with E-state index in [-0.39, 0.29) is 5.92 Å². The molecule has 1 aliphatic carbocycles. The third-order valence-electron chi connectivity index (χ3n) is 3.26. The molecule has 0 amide bonds. The maximum atomic E-state index is 11.3. The van der Waals surface area contributed by atoms with E-state index in [1.165, 1.54) is 0 Å². The number of rotatable bonds is 5. The van der Waals surface area contributed by atoms with Gasteiger partial charge >= 0.3 is 5.97 Å². The van der Waals surface area contributed by atoms with Crippen molar-refractivity contribution in [1.29, 1.82) is 0 Å². The lowest BCUT2D eigenvalue weighted by Crippen LogP contribution is -2.26. The van der Waals surface area contributed by atoms with Crippen LogP contribution in [0.15, 0.2) is 18.5 Å². The van der Waals surface area contributed by atoms with E-state index in [0.29, 0.717) is 26.0 Å². The SMILES string of the molecule is COCCn1cnnc1C1CC=CCC1C(=O)O. The summed E-state index contributed by atoms with van der Waals surface area (Å²) in [6, 6.07) is 0. The number of carboxylic acids is 1. The molecule has 0 saturated heterocycles. The number of ether oxygens (including phenoxy) is 1. The van der Waals surface area contributed by atoms with Crippen molar-refractivity contribution in [2.75, 3.05) is 13.7 Å². The number of carbonyl (C=O) groups is 1. The van der Waals surface area contributed by atoms with Gasteiger partial charge in [0.15, 0.2) is 0 Å². The lowest BCUT2D eigenvalue weighted by molar-refractivity contribution is -0.142. The summed E-state index contributed by atoms with van der Waals surface area (Å²) in [6.07, 6.45) is 6.82. The van der Waals surface area contributed by atoms with Crippen LogP contribution >= 0.6 is 0 Å². The standard InChI is InChI=1S/C12H17N3O3/c1-18-7-6-15-8-13-14-11(15)9-4-2-3-5-10(9)12(16)17/h2-3,8-10H,4-7H2,1H3,(H,16,17). The molecule has 0 saturated carbocycles. The second-order valence-electron chi connectivity index (χ2n) is 4.37. The molecule has 1 N–H and O–H groups in total. The van der Waals surface area contributed by atoms with Crippen molar-refractivity contribution in [3.05, 3.63) is 24.3 Å². The highest BCUT2D eigenvalue weighted by Crippen LogP contribution is 2.33. The van der Waals surface area contributed by atoms with Crippen molar-refractivity contribution >= 4 is 5.97 Å². The highest BCUT2D eigenvalue weighted by Gasteiger charge is 2.33. The minimum atomic E-state index is -0.773. The number of aliphatic carboxylic acids is 1. The third-order valence-corrected chi connectivity index (χ3v) is 3.26. The summed E-state index contributed by atoms with van der Waals surface area (Å²) >= 11 is 0. The van der Waals surface area contributed by atoms with Gasteiger partial charge in [-0.05, 0) is 12.8 Å². The number of hydrogen-bond donors (Lipinski definition) is 1. The van der Waals surface area contributed by atoms with Crippen LogP contribution in [0.1, 0.15) is 24.6 Å². The van der Waals surface area contributed by atoms with Crippen LogP contribution in [0.2, 0.25) is 0 Å². The fraction of sp³-hybridized carbons (Fsp3) is 0.583. The molecular weight excluding hydrogens is 234 g/mol. The first kappa shape index (κ1) is 12.8. The molecule has 0 fully saturated rings. The number of aromatic nitrogens is 3. The Hall–Kier alpha value is -1.69. The molecule has 0 radical (unpaired) electrons. The fourth-order valence-electron chi connectivity index (χ4n) is 2.29. The van der Waals surface area contributed by atoms with Gasteiger partial charge < -0.3 is 14.4 Å². The largest absolute Gasteiger partial charge is 0.481 e. The maximum absolute atomic E-state index is 11.3. The predicted molar refractivity (Wildman–Crippen MR) is 64.1 cm³/mol. The van der Waals surface area contributed by atoms with Crippen LogP contribution in [0.25, 0.3) is 0 Å². The lowest BCUT2D eigenvalue weighted by atomic mass is 9.82. The van der Waals surface area contributed by atoms with Crippen molar-refractivity contribution in [3.63, 3.8) is 0 Å². The van der Waals surface area contributed by atoms with E-state index >= 15 is 0 Å². The average molecular weight is 251 g/mol. The van der Waals surface area contributed by atoms with Crippen molar-refractivity contribution in [1.82, 2.24) is 14.8 Å². The van der Waals surface area contributed by atoms with E-state index in [9.17, 15) is 9.90 Å². The first-order chi connectivity index (χ1) is 8.74. The Morgan fingerprint density at radius 1 is 1.56 bits per heavy atom. The maximum Gasteiger partial charge on any atom is 0.307 e. The van der Waals surface area contributed by atoms with Gasteiger partial charge in [0.1, 0.15) is 12.2 Å². The molecule has 2 rings (SSSR count). The van der Waals surface area contributed by atoms with Crippen LogP contribution in [0.5, 0.6) is 0 Å². The van der Waals surface area contributed by atoms with Crippen molar-refractivity contribution in [2.24, 2.45) is 5.92 Å². The monoisotopic (exact) mass is 251 g/mol. The number of nitrogens with zero attached hydrogens (tertiary/aromatic N) is 3. The molecular formula is C12H17N3O3. The van der Waals surface area contributed by atoms with E-state index in [1.54, 1.807) is 13.4 Å². The lowest BCUT2D eigenvalue weighted by Gasteiger charge is -2.24. The summed E-state index contributed by atoms with van der Waals surface area (Å²) < 4.78 is 6.90. The Morgan fingerprint density at radius 3 is 3.06 bits per heavy atom. The van der Waals surface area contributed by atoms with Crippen molar-refractivity contribution in [2.45, 2.75) is 25.3 Å². The van der Waals surface area contributed by atoms with E-state index in [4.69, 9.17) is 4.74 Å². The zero-order valence-corrected chi connectivity index (χ0v) is 10.3. The molecule has 6 heteroatoms. The fourth-order valence-corrected chi connectivity index (χ4v) is 2.29. The van der Waals surface area contributed by atoms with Crippen LogP contribution in [-0.4, -0.2) is 39.6 Å². The van der Waals surface area contributed by atoms with Crippen LogP contribution in [-0.2, 0) is 16.1 Å². The smallest absolute Gasteiger partial charge is 0.307 e. The second-order valence-corrected chi connectivity index (χ2v) is 4.37. The highest BCUT2D eigenvalue weighted by atomic mass is 16.5.